The zero-order valence-corrected chi connectivity index (χ0v) is 12.1. The van der Waals surface area contributed by atoms with Crippen molar-refractivity contribution in [3.05, 3.63) is 0 Å². The van der Waals surface area contributed by atoms with E-state index in [1.807, 2.05) is 4.72 Å². The first kappa shape index (κ1) is 15.2. The zero-order valence-electron chi connectivity index (χ0n) is 11.3. The van der Waals surface area contributed by atoms with E-state index in [1.165, 1.54) is 0 Å². The highest BCUT2D eigenvalue weighted by Crippen LogP contribution is 2.37. The molecule has 1 atom stereocenters. The van der Waals surface area contributed by atoms with E-state index in [0.29, 0.717) is 0 Å². The maximum Gasteiger partial charge on any atom is 0.422 e. The second-order valence-electron chi connectivity index (χ2n) is 5.78. The molecule has 1 saturated carbocycles. The zero-order chi connectivity index (χ0) is 14.0. The van der Waals surface area contributed by atoms with Crippen LogP contribution in [0.2, 0.25) is 0 Å². The minimum atomic E-state index is -3.83. The van der Waals surface area contributed by atoms with Gasteiger partial charge in [-0.25, -0.2) is 9.52 Å². The smallest absolute Gasteiger partial charge is 0.422 e. The molecule has 18 heavy (non-hydrogen) atoms. The third-order valence-electron chi connectivity index (χ3n) is 2.85. The molecule has 1 amide bonds. The number of hydrogen-bond acceptors (Lipinski definition) is 4. The summed E-state index contributed by atoms with van der Waals surface area (Å²) in [6, 6.07) is -0.121. The quantitative estimate of drug-likeness (QED) is 0.817. The molecule has 2 N–H and O–H groups in total. The summed E-state index contributed by atoms with van der Waals surface area (Å²) in [5, 5.41) is 0. The van der Waals surface area contributed by atoms with Gasteiger partial charge in [0.1, 0.15) is 0 Å². The number of hydrogen-bond donors (Lipinski definition) is 2. The van der Waals surface area contributed by atoms with E-state index in [-0.39, 0.29) is 17.6 Å². The Bertz CT molecular complexity index is 403. The summed E-state index contributed by atoms with van der Waals surface area (Å²) in [7, 11) is -3.83. The molecular weight excluding hydrogens is 256 g/mol. The average molecular weight is 278 g/mol. The molecule has 1 fully saturated rings. The summed E-state index contributed by atoms with van der Waals surface area (Å²) in [5.74, 6) is 0. The molecule has 1 rings (SSSR count). The molecule has 1 aliphatic carbocycles. The van der Waals surface area contributed by atoms with Crippen LogP contribution in [-0.2, 0) is 14.9 Å². The van der Waals surface area contributed by atoms with Crippen LogP contribution in [0.3, 0.4) is 0 Å². The summed E-state index contributed by atoms with van der Waals surface area (Å²) in [6.45, 7) is 7.50. The van der Waals surface area contributed by atoms with Crippen molar-refractivity contribution in [2.24, 2.45) is 5.41 Å². The normalized spacial score (nSPS) is 23.1. The molecule has 0 spiro atoms. The standard InChI is InChI=1S/C11H22N2O4S/c1-8(2)17-10(14)13-18(15,16)12-9-5-6-11(3,4)7-9/h8-9,12H,5-7H2,1-4H3,(H,13,14). The fraction of sp³-hybridized carbons (Fsp3) is 0.909. The maximum absolute atomic E-state index is 11.7. The molecule has 0 aromatic carbocycles. The molecule has 1 aliphatic rings. The third kappa shape index (κ3) is 5.22. The molecular formula is C11H22N2O4S. The molecule has 0 aromatic rings. The van der Waals surface area contributed by atoms with Crippen molar-refractivity contribution in [2.75, 3.05) is 0 Å². The predicted octanol–water partition coefficient (Wildman–Crippen LogP) is 1.53. The topological polar surface area (TPSA) is 84.5 Å². The monoisotopic (exact) mass is 278 g/mol. The summed E-state index contributed by atoms with van der Waals surface area (Å²) in [5.41, 5.74) is 0.144. The van der Waals surface area contributed by atoms with E-state index in [0.717, 1.165) is 19.3 Å². The summed E-state index contributed by atoms with van der Waals surface area (Å²) >= 11 is 0. The molecule has 6 nitrogen and oxygen atoms in total. The predicted molar refractivity (Wildman–Crippen MR) is 68.2 cm³/mol. The average Bonchev–Trinajstić information content (AvgIpc) is 2.40. The number of nitrogens with one attached hydrogen (secondary N) is 2. The largest absolute Gasteiger partial charge is 0.446 e. The molecule has 0 aromatic heterocycles. The van der Waals surface area contributed by atoms with Gasteiger partial charge in [0.15, 0.2) is 0 Å². The SMILES string of the molecule is CC(C)OC(=O)NS(=O)(=O)NC1CCC(C)(C)C1. The highest BCUT2D eigenvalue weighted by Gasteiger charge is 2.33. The lowest BCUT2D eigenvalue weighted by Gasteiger charge is -2.18. The Hall–Kier alpha value is -0.820. The van der Waals surface area contributed by atoms with Gasteiger partial charge >= 0.3 is 16.3 Å². The number of rotatable bonds is 4. The van der Waals surface area contributed by atoms with Gasteiger partial charge in [0.2, 0.25) is 0 Å². The van der Waals surface area contributed by atoms with Crippen LogP contribution in [0.15, 0.2) is 0 Å². The summed E-state index contributed by atoms with van der Waals surface area (Å²) < 4.78 is 32.4. The van der Waals surface area contributed by atoms with E-state index in [1.54, 1.807) is 13.8 Å². The minimum Gasteiger partial charge on any atom is -0.446 e. The number of amides is 1. The van der Waals surface area contributed by atoms with Crippen molar-refractivity contribution < 1.29 is 17.9 Å². The molecule has 7 heteroatoms. The van der Waals surface area contributed by atoms with Crippen LogP contribution in [0.4, 0.5) is 4.79 Å². The molecule has 106 valence electrons. The van der Waals surface area contributed by atoms with Crippen LogP contribution in [0, 0.1) is 5.41 Å². The van der Waals surface area contributed by atoms with Crippen molar-refractivity contribution in [3.63, 3.8) is 0 Å². The van der Waals surface area contributed by atoms with Gasteiger partial charge in [0.05, 0.1) is 6.10 Å². The van der Waals surface area contributed by atoms with E-state index < -0.39 is 16.3 Å². The lowest BCUT2D eigenvalue weighted by Crippen LogP contribution is -2.45. The van der Waals surface area contributed by atoms with Crippen molar-refractivity contribution >= 4 is 16.3 Å². The Morgan fingerprint density at radius 3 is 2.44 bits per heavy atom. The van der Waals surface area contributed by atoms with Gasteiger partial charge in [-0.1, -0.05) is 13.8 Å². The second kappa shape index (κ2) is 5.44. The fourth-order valence-corrected chi connectivity index (χ4v) is 3.10. The van der Waals surface area contributed by atoms with Gasteiger partial charge in [0.25, 0.3) is 0 Å². The van der Waals surface area contributed by atoms with Crippen molar-refractivity contribution in [1.82, 2.24) is 9.44 Å². The van der Waals surface area contributed by atoms with Crippen molar-refractivity contribution in [1.29, 1.82) is 0 Å². The number of carbonyl (C=O) groups excluding carboxylic acids is 1. The van der Waals surface area contributed by atoms with E-state index in [9.17, 15) is 13.2 Å². The summed E-state index contributed by atoms with van der Waals surface area (Å²) in [4.78, 5) is 11.2. The van der Waals surface area contributed by atoms with E-state index >= 15 is 0 Å². The Labute approximate surface area is 109 Å². The van der Waals surface area contributed by atoms with Crippen LogP contribution in [0.1, 0.15) is 47.0 Å². The third-order valence-corrected chi connectivity index (χ3v) is 3.93. The lowest BCUT2D eigenvalue weighted by atomic mass is 9.92. The first-order valence-corrected chi connectivity index (χ1v) is 7.59. The van der Waals surface area contributed by atoms with Crippen LogP contribution >= 0.6 is 0 Å². The van der Waals surface area contributed by atoms with Crippen molar-refractivity contribution in [3.8, 4) is 0 Å². The van der Waals surface area contributed by atoms with Gasteiger partial charge in [-0.15, -0.1) is 0 Å². The highest BCUT2D eigenvalue weighted by molar-refractivity contribution is 7.88. The maximum atomic E-state index is 11.7. The van der Waals surface area contributed by atoms with Crippen molar-refractivity contribution in [2.45, 2.75) is 59.1 Å². The molecule has 1 unspecified atom stereocenters. The molecule has 0 radical (unpaired) electrons. The molecule has 0 saturated heterocycles. The Kier molecular flexibility index (Phi) is 4.61. The van der Waals surface area contributed by atoms with Crippen LogP contribution in [0.25, 0.3) is 0 Å². The second-order valence-corrected chi connectivity index (χ2v) is 7.23. The lowest BCUT2D eigenvalue weighted by molar-refractivity contribution is 0.121. The Balaban J connectivity index is 2.48. The first-order chi connectivity index (χ1) is 8.10. The van der Waals surface area contributed by atoms with Crippen LogP contribution in [-0.4, -0.2) is 26.7 Å². The molecule has 0 aliphatic heterocycles. The van der Waals surface area contributed by atoms with Gasteiger partial charge in [0, 0.05) is 6.04 Å². The van der Waals surface area contributed by atoms with Gasteiger partial charge in [-0.2, -0.15) is 13.1 Å². The molecule has 0 heterocycles. The fourth-order valence-electron chi connectivity index (χ4n) is 2.13. The highest BCUT2D eigenvalue weighted by atomic mass is 32.2. The van der Waals surface area contributed by atoms with E-state index in [4.69, 9.17) is 4.74 Å². The minimum absolute atomic E-state index is 0.121. The number of carbonyl (C=O) groups is 1. The van der Waals surface area contributed by atoms with Gasteiger partial charge in [-0.05, 0) is 38.5 Å². The van der Waals surface area contributed by atoms with E-state index in [2.05, 4.69) is 18.6 Å². The number of ether oxygens (including phenoxy) is 1. The first-order valence-electron chi connectivity index (χ1n) is 6.10. The summed E-state index contributed by atoms with van der Waals surface area (Å²) in [6.07, 6.45) is 1.22. The Morgan fingerprint density at radius 2 is 2.00 bits per heavy atom. The van der Waals surface area contributed by atoms with Gasteiger partial charge < -0.3 is 4.74 Å². The molecule has 0 bridgehead atoms. The Morgan fingerprint density at radius 1 is 1.39 bits per heavy atom. The van der Waals surface area contributed by atoms with Gasteiger partial charge in [-0.3, -0.25) is 0 Å². The van der Waals surface area contributed by atoms with Crippen LogP contribution < -0.4 is 9.44 Å². The van der Waals surface area contributed by atoms with Crippen LogP contribution in [0.5, 0.6) is 0 Å².